The maximum absolute atomic E-state index is 11.5. The number of para-hydroxylation sites is 5. The van der Waals surface area contributed by atoms with Gasteiger partial charge in [-0.3, -0.25) is 13.7 Å². The third-order valence-electron chi connectivity index (χ3n) is 10.5. The second kappa shape index (κ2) is 12.2. The van der Waals surface area contributed by atoms with Crippen LogP contribution in [0.25, 0.3) is 83.6 Å². The predicted molar refractivity (Wildman–Crippen MR) is 218 cm³/mol. The van der Waals surface area contributed by atoms with Gasteiger partial charge in [-0.25, -0.2) is 4.98 Å². The molecule has 0 radical (unpaired) electrons. The molecule has 0 saturated heterocycles. The first kappa shape index (κ1) is 32.5. The number of phenols is 2. The summed E-state index contributed by atoms with van der Waals surface area (Å²) in [6.45, 7) is 6.67. The van der Waals surface area contributed by atoms with Crippen molar-refractivity contribution < 1.29 is 19.2 Å². The highest BCUT2D eigenvalue weighted by atomic mass is 16.3. The summed E-state index contributed by atoms with van der Waals surface area (Å²) in [5, 5.41) is 24.7. The lowest BCUT2D eigenvalue weighted by Gasteiger charge is -2.23. The third-order valence-corrected chi connectivity index (χ3v) is 10.5. The van der Waals surface area contributed by atoms with E-state index in [4.69, 9.17) is 9.40 Å². The zero-order valence-corrected chi connectivity index (χ0v) is 30.5. The molecule has 0 fully saturated rings. The lowest BCUT2D eigenvalue weighted by Crippen LogP contribution is -2.30. The maximum Gasteiger partial charge on any atom is 0.270 e. The summed E-state index contributed by atoms with van der Waals surface area (Å²) in [6, 6.07) is 50.0. The van der Waals surface area contributed by atoms with Gasteiger partial charge in [-0.1, -0.05) is 118 Å². The molecule has 7 aromatic carbocycles. The lowest BCUT2D eigenvalue weighted by molar-refractivity contribution is -0.571. The number of furan rings is 1. The number of hydrogen-bond donors (Lipinski definition) is 2. The number of nitrogens with zero attached hydrogens (tertiary/aromatic N) is 4. The first-order valence-corrected chi connectivity index (χ1v) is 18.4. The molecule has 3 aromatic heterocycles. The van der Waals surface area contributed by atoms with E-state index < -0.39 is 0 Å². The second-order valence-electron chi connectivity index (χ2n) is 14.9. The van der Waals surface area contributed by atoms with Crippen LogP contribution in [0.2, 0.25) is 0 Å². The molecule has 0 unspecified atom stereocenters. The highest BCUT2D eigenvalue weighted by Gasteiger charge is 2.26. The summed E-state index contributed by atoms with van der Waals surface area (Å²) in [6.07, 6.45) is 3.59. The smallest absolute Gasteiger partial charge is 0.270 e. The van der Waals surface area contributed by atoms with Crippen molar-refractivity contribution in [2.24, 2.45) is 0 Å². The van der Waals surface area contributed by atoms with Gasteiger partial charge in [-0.15, -0.1) is 0 Å². The highest BCUT2D eigenvalue weighted by molar-refractivity contribution is 6.08. The van der Waals surface area contributed by atoms with Gasteiger partial charge in [0.2, 0.25) is 0 Å². The number of phenolic OH excluding ortho intramolecular Hbond substituents is 2. The van der Waals surface area contributed by atoms with Crippen molar-refractivity contribution in [1.29, 1.82) is 0 Å². The van der Waals surface area contributed by atoms with Crippen molar-refractivity contribution in [3.63, 3.8) is 0 Å². The van der Waals surface area contributed by atoms with Crippen molar-refractivity contribution in [2.75, 3.05) is 0 Å². The summed E-state index contributed by atoms with van der Waals surface area (Å²) in [7, 11) is 0. The van der Waals surface area contributed by atoms with Gasteiger partial charge in [-0.2, -0.15) is 0 Å². The number of hydrogen-bond acceptors (Lipinski definition) is 4. The van der Waals surface area contributed by atoms with Crippen molar-refractivity contribution in [2.45, 2.75) is 26.2 Å². The Morgan fingerprint density at radius 3 is 2.24 bits per heavy atom. The van der Waals surface area contributed by atoms with Gasteiger partial charge < -0.3 is 14.6 Å². The molecule has 10 rings (SSSR count). The van der Waals surface area contributed by atoms with E-state index in [1.165, 1.54) is 5.56 Å². The monoisotopic (exact) mass is 716 g/mol. The average molecular weight is 717 g/mol. The van der Waals surface area contributed by atoms with Crippen LogP contribution in [0.15, 0.2) is 156 Å². The number of rotatable bonds is 5. The maximum atomic E-state index is 11.5. The average Bonchev–Trinajstić information content (AvgIpc) is 3.90. The Morgan fingerprint density at radius 1 is 0.655 bits per heavy atom. The number of aromatic hydroxyl groups is 2. The van der Waals surface area contributed by atoms with Crippen molar-refractivity contribution in [1.82, 2.24) is 14.1 Å². The van der Waals surface area contributed by atoms with Gasteiger partial charge in [0.05, 0.1) is 33.5 Å². The zero-order chi connectivity index (χ0) is 37.4. The number of benzene rings is 7. The van der Waals surface area contributed by atoms with E-state index >= 15 is 0 Å². The van der Waals surface area contributed by atoms with E-state index in [2.05, 4.69) is 80.2 Å². The van der Waals surface area contributed by atoms with Crippen molar-refractivity contribution in [3.05, 3.63) is 164 Å². The zero-order valence-electron chi connectivity index (χ0n) is 30.5. The molecular formula is C48H36N4O3. The minimum atomic E-state index is -0.0748. The van der Waals surface area contributed by atoms with Gasteiger partial charge >= 0.3 is 0 Å². The largest absolute Gasteiger partial charge is 0.511 e. The molecule has 2 N–H and O–H groups in total. The van der Waals surface area contributed by atoms with E-state index in [1.807, 2.05) is 100 Å². The third kappa shape index (κ3) is 5.11. The Bertz CT molecular complexity index is 3110. The van der Waals surface area contributed by atoms with Gasteiger partial charge in [-0.05, 0) is 71.1 Å². The molecule has 0 aliphatic heterocycles. The first-order valence-electron chi connectivity index (χ1n) is 18.4. The quantitative estimate of drug-likeness (QED) is 0.137. The number of fused-ring (bicyclic) bond motifs is 5. The van der Waals surface area contributed by atoms with Crippen LogP contribution in [0.5, 0.6) is 11.5 Å². The molecule has 0 bridgehead atoms. The Hall–Kier alpha value is -7.12. The van der Waals surface area contributed by atoms with Gasteiger partial charge in [0.15, 0.2) is 11.3 Å². The Balaban J connectivity index is 1.27. The van der Waals surface area contributed by atoms with Crippen LogP contribution in [0.1, 0.15) is 26.3 Å². The molecule has 0 aliphatic rings. The lowest BCUT2D eigenvalue weighted by atomic mass is 9.85. The summed E-state index contributed by atoms with van der Waals surface area (Å²) in [4.78, 5) is 5.37. The fraction of sp³-hybridized carbons (Fsp3) is 0.0833. The van der Waals surface area contributed by atoms with Crippen LogP contribution in [-0.4, -0.2) is 24.3 Å². The standard InChI is InChI=1S/C48H36N4O3/c1-48(2,3)31-24-26-36(35(28-31)30-14-5-4-6-15-30)52-40-21-13-20-39(44(40)49-47(52)34-17-7-11-22-41(34)53)50-29-51(38-19-10-9-18-37(38)50)45-42(54)27-25-33-32-16-8-12-23-43(32)55-46(33)45/h4-28,53-54H,1-3H3. The summed E-state index contributed by atoms with van der Waals surface area (Å²) in [5.41, 5.74) is 10.7. The molecule has 7 nitrogen and oxygen atoms in total. The topological polar surface area (TPSA) is 80.2 Å². The van der Waals surface area contributed by atoms with Gasteiger partial charge in [0.25, 0.3) is 6.33 Å². The van der Waals surface area contributed by atoms with E-state index in [9.17, 15) is 10.2 Å². The van der Waals surface area contributed by atoms with E-state index in [0.717, 1.165) is 60.9 Å². The highest BCUT2D eigenvalue weighted by Crippen LogP contribution is 2.41. The molecule has 266 valence electrons. The summed E-state index contributed by atoms with van der Waals surface area (Å²) < 4.78 is 12.4. The molecule has 10 aromatic rings. The van der Waals surface area contributed by atoms with E-state index in [1.54, 1.807) is 12.1 Å². The summed E-state index contributed by atoms with van der Waals surface area (Å²) >= 11 is 0. The van der Waals surface area contributed by atoms with Crippen LogP contribution in [0, 0.1) is 6.33 Å². The van der Waals surface area contributed by atoms with E-state index in [-0.39, 0.29) is 16.9 Å². The Labute approximate surface area is 317 Å². The minimum absolute atomic E-state index is 0.0748. The molecule has 0 amide bonds. The van der Waals surface area contributed by atoms with Crippen LogP contribution in [0.3, 0.4) is 0 Å². The Kier molecular flexibility index (Phi) is 7.22. The molecule has 55 heavy (non-hydrogen) atoms. The number of imidazole rings is 2. The first-order chi connectivity index (χ1) is 26.8. The fourth-order valence-electron chi connectivity index (χ4n) is 7.78. The normalized spacial score (nSPS) is 12.1. The van der Waals surface area contributed by atoms with Crippen LogP contribution < -0.4 is 4.57 Å². The van der Waals surface area contributed by atoms with E-state index in [0.29, 0.717) is 22.7 Å². The molecule has 3 heterocycles. The van der Waals surface area contributed by atoms with Crippen molar-refractivity contribution in [3.8, 4) is 51.1 Å². The van der Waals surface area contributed by atoms with Crippen LogP contribution in [0.4, 0.5) is 0 Å². The molecule has 0 atom stereocenters. The van der Waals surface area contributed by atoms with Crippen molar-refractivity contribution >= 4 is 44.0 Å². The minimum Gasteiger partial charge on any atom is -0.511 e. The SMILES string of the molecule is CC(C)(C)c1ccc(-n2c(-c3ccccc3O)nc3c(-[n+]4[c-]n(-c5c(O)ccc6c5oc5ccccc56)c5ccccc54)cccc32)c(-c2ccccc2)c1. The summed E-state index contributed by atoms with van der Waals surface area (Å²) in [5.74, 6) is 0.820. The molecule has 0 spiro atoms. The fourth-order valence-corrected chi connectivity index (χ4v) is 7.78. The number of aromatic nitrogens is 4. The van der Waals surface area contributed by atoms with Crippen LogP contribution in [-0.2, 0) is 5.41 Å². The predicted octanol–water partition coefficient (Wildman–Crippen LogP) is 11.0. The molecular weight excluding hydrogens is 681 g/mol. The van der Waals surface area contributed by atoms with Gasteiger partial charge in [0.1, 0.15) is 28.4 Å². The van der Waals surface area contributed by atoms with Crippen LogP contribution >= 0.6 is 0 Å². The van der Waals surface area contributed by atoms with Gasteiger partial charge in [0, 0.05) is 16.3 Å². The molecule has 7 heteroatoms. The molecule has 0 aliphatic carbocycles. The Morgan fingerprint density at radius 2 is 1.40 bits per heavy atom. The second-order valence-corrected chi connectivity index (χ2v) is 14.9. The molecule has 0 saturated carbocycles.